The monoisotopic (exact) mass is 487 g/mol. The smallest absolute Gasteiger partial charge is 0.119 e. The Morgan fingerprint density at radius 1 is 0.800 bits per heavy atom. The molecule has 1 aromatic heterocycles. The number of likely N-dealkylation sites (tertiary alicyclic amines) is 1. The van der Waals surface area contributed by atoms with Crippen LogP contribution >= 0.6 is 11.6 Å². The number of hydrogen-bond acceptors (Lipinski definition) is 4. The summed E-state index contributed by atoms with van der Waals surface area (Å²) < 4.78 is 13.3. The van der Waals surface area contributed by atoms with Gasteiger partial charge in [-0.1, -0.05) is 18.0 Å². The van der Waals surface area contributed by atoms with E-state index >= 15 is 0 Å². The molecule has 35 heavy (non-hydrogen) atoms. The Balaban J connectivity index is 1.37. The third kappa shape index (κ3) is 5.69. The average molecular weight is 488 g/mol. The van der Waals surface area contributed by atoms with Crippen LogP contribution in [-0.4, -0.2) is 48.0 Å². The van der Waals surface area contributed by atoms with Gasteiger partial charge in [0.25, 0.3) is 0 Å². The molecule has 0 atom stereocenters. The molecule has 5 nitrogen and oxygen atoms in total. The van der Waals surface area contributed by atoms with Crippen molar-refractivity contribution in [2.75, 3.05) is 33.4 Å². The van der Waals surface area contributed by atoms with Gasteiger partial charge < -0.3 is 9.47 Å². The number of ether oxygens (including phenoxy) is 2. The van der Waals surface area contributed by atoms with Crippen molar-refractivity contribution in [2.45, 2.75) is 19.3 Å². The molecule has 0 N–H and O–H groups in total. The summed E-state index contributed by atoms with van der Waals surface area (Å²) in [5.41, 5.74) is 4.93. The highest BCUT2D eigenvalue weighted by molar-refractivity contribution is 6.30. The number of benzene rings is 3. The third-order valence-corrected chi connectivity index (χ3v) is 6.69. The molecule has 0 amide bonds. The molecule has 6 heteroatoms. The number of methoxy groups -OCH3 is 1. The van der Waals surface area contributed by atoms with Crippen molar-refractivity contribution in [2.24, 2.45) is 0 Å². The third-order valence-electron chi connectivity index (χ3n) is 6.44. The number of nitrogens with zero attached hydrogens (tertiary/aromatic N) is 3. The summed E-state index contributed by atoms with van der Waals surface area (Å²) in [5, 5.41) is 5.64. The first-order valence-electron chi connectivity index (χ1n) is 12.2. The predicted octanol–water partition coefficient (Wildman–Crippen LogP) is 6.73. The Kier molecular flexibility index (Phi) is 7.36. The van der Waals surface area contributed by atoms with Crippen molar-refractivity contribution < 1.29 is 9.47 Å². The number of piperidine rings is 1. The van der Waals surface area contributed by atoms with Crippen molar-refractivity contribution in [1.82, 2.24) is 14.7 Å². The van der Waals surface area contributed by atoms with E-state index in [0.29, 0.717) is 11.6 Å². The lowest BCUT2D eigenvalue weighted by Crippen LogP contribution is -2.33. The zero-order valence-corrected chi connectivity index (χ0v) is 20.7. The molecule has 180 valence electrons. The Hall–Kier alpha value is -3.28. The maximum Gasteiger partial charge on any atom is 0.119 e. The molecule has 0 unspecified atom stereocenters. The quantitative estimate of drug-likeness (QED) is 0.276. The van der Waals surface area contributed by atoms with E-state index < -0.39 is 0 Å². The molecule has 1 fully saturated rings. The molecule has 0 aliphatic carbocycles. The van der Waals surface area contributed by atoms with Crippen LogP contribution in [0, 0.1) is 0 Å². The summed E-state index contributed by atoms with van der Waals surface area (Å²) in [4.78, 5) is 2.49. The largest absolute Gasteiger partial charge is 0.497 e. The molecular formula is C29H30ClN3O2. The van der Waals surface area contributed by atoms with E-state index in [2.05, 4.69) is 23.1 Å². The standard InChI is InChI=1S/C29H30ClN3O2/c1-34-26-13-7-23(8-14-26)29-21-28(31-33(29)25-11-9-24(30)10-12-25)22-5-15-27(16-6-22)35-20-19-32-17-3-2-4-18-32/h5-16,21H,2-4,17-20H2,1H3. The van der Waals surface area contributed by atoms with Gasteiger partial charge in [0.15, 0.2) is 0 Å². The second-order valence-corrected chi connectivity index (χ2v) is 9.24. The molecule has 3 aromatic carbocycles. The molecule has 4 aromatic rings. The first-order valence-corrected chi connectivity index (χ1v) is 12.5. The molecule has 0 radical (unpaired) electrons. The number of hydrogen-bond donors (Lipinski definition) is 0. The topological polar surface area (TPSA) is 39.5 Å². The summed E-state index contributed by atoms with van der Waals surface area (Å²) in [6, 6.07) is 26.0. The number of aromatic nitrogens is 2. The summed E-state index contributed by atoms with van der Waals surface area (Å²) in [6.07, 6.45) is 3.96. The van der Waals surface area contributed by atoms with Crippen LogP contribution in [0.1, 0.15) is 19.3 Å². The van der Waals surface area contributed by atoms with E-state index in [-0.39, 0.29) is 0 Å². The minimum atomic E-state index is 0.697. The predicted molar refractivity (Wildman–Crippen MR) is 142 cm³/mol. The van der Waals surface area contributed by atoms with Gasteiger partial charge in [-0.05, 0) is 105 Å². The van der Waals surface area contributed by atoms with Crippen molar-refractivity contribution in [1.29, 1.82) is 0 Å². The fraction of sp³-hybridized carbons (Fsp3) is 0.276. The molecule has 1 aliphatic rings. The summed E-state index contributed by atoms with van der Waals surface area (Å²) >= 11 is 6.13. The Morgan fingerprint density at radius 2 is 1.46 bits per heavy atom. The maximum absolute atomic E-state index is 6.13. The lowest BCUT2D eigenvalue weighted by Gasteiger charge is -2.26. The van der Waals surface area contributed by atoms with Crippen LogP contribution in [0.2, 0.25) is 5.02 Å². The van der Waals surface area contributed by atoms with Gasteiger partial charge in [0.2, 0.25) is 0 Å². The molecule has 2 heterocycles. The van der Waals surface area contributed by atoms with Gasteiger partial charge in [0, 0.05) is 22.7 Å². The average Bonchev–Trinajstić information content (AvgIpc) is 3.36. The van der Waals surface area contributed by atoms with Crippen LogP contribution < -0.4 is 9.47 Å². The molecule has 1 saturated heterocycles. The van der Waals surface area contributed by atoms with E-state index in [1.165, 1.54) is 32.4 Å². The highest BCUT2D eigenvalue weighted by Crippen LogP contribution is 2.31. The highest BCUT2D eigenvalue weighted by Gasteiger charge is 2.14. The van der Waals surface area contributed by atoms with E-state index in [0.717, 1.165) is 46.2 Å². The zero-order valence-electron chi connectivity index (χ0n) is 20.0. The Labute approximate surface area is 211 Å². The molecule has 5 rings (SSSR count). The highest BCUT2D eigenvalue weighted by atomic mass is 35.5. The van der Waals surface area contributed by atoms with E-state index in [1.54, 1.807) is 7.11 Å². The second-order valence-electron chi connectivity index (χ2n) is 8.81. The lowest BCUT2D eigenvalue weighted by molar-refractivity contribution is 0.183. The van der Waals surface area contributed by atoms with Crippen molar-refractivity contribution in [3.8, 4) is 39.7 Å². The maximum atomic E-state index is 6.13. The van der Waals surface area contributed by atoms with Gasteiger partial charge >= 0.3 is 0 Å². The first-order chi connectivity index (χ1) is 17.2. The fourth-order valence-corrected chi connectivity index (χ4v) is 4.59. The zero-order chi connectivity index (χ0) is 24.0. The summed E-state index contributed by atoms with van der Waals surface area (Å²) in [6.45, 7) is 4.08. The van der Waals surface area contributed by atoms with Crippen molar-refractivity contribution >= 4 is 11.6 Å². The SMILES string of the molecule is COc1ccc(-c2cc(-c3ccc(OCCN4CCCCC4)cc3)nn2-c2ccc(Cl)cc2)cc1. The van der Waals surface area contributed by atoms with Gasteiger partial charge in [-0.3, -0.25) is 4.90 Å². The number of rotatable bonds is 8. The second kappa shape index (κ2) is 11.0. The van der Waals surface area contributed by atoms with Gasteiger partial charge in [-0.25, -0.2) is 4.68 Å². The van der Waals surface area contributed by atoms with Gasteiger partial charge in [-0.2, -0.15) is 5.10 Å². The Morgan fingerprint density at radius 3 is 2.14 bits per heavy atom. The van der Waals surface area contributed by atoms with Crippen LogP contribution in [0.4, 0.5) is 0 Å². The van der Waals surface area contributed by atoms with Crippen molar-refractivity contribution in [3.05, 3.63) is 83.9 Å². The van der Waals surface area contributed by atoms with Gasteiger partial charge in [0.05, 0.1) is 24.2 Å². The minimum absolute atomic E-state index is 0.697. The van der Waals surface area contributed by atoms with Gasteiger partial charge in [-0.15, -0.1) is 0 Å². The van der Waals surface area contributed by atoms with Crippen molar-refractivity contribution in [3.63, 3.8) is 0 Å². The van der Waals surface area contributed by atoms with E-state index in [9.17, 15) is 0 Å². The Bertz CT molecular complexity index is 1230. The molecular weight excluding hydrogens is 458 g/mol. The first kappa shape index (κ1) is 23.5. The van der Waals surface area contributed by atoms with E-state index in [4.69, 9.17) is 26.2 Å². The van der Waals surface area contributed by atoms with Crippen LogP contribution in [0.25, 0.3) is 28.2 Å². The lowest BCUT2D eigenvalue weighted by atomic mass is 10.1. The summed E-state index contributed by atoms with van der Waals surface area (Å²) in [5.74, 6) is 1.71. The van der Waals surface area contributed by atoms with Crippen LogP contribution in [0.3, 0.4) is 0 Å². The van der Waals surface area contributed by atoms with E-state index in [1.807, 2.05) is 65.3 Å². The molecule has 1 aliphatic heterocycles. The van der Waals surface area contributed by atoms with Crippen LogP contribution in [-0.2, 0) is 0 Å². The minimum Gasteiger partial charge on any atom is -0.497 e. The summed E-state index contributed by atoms with van der Waals surface area (Å²) in [7, 11) is 1.67. The molecule has 0 bridgehead atoms. The normalized spacial score (nSPS) is 14.1. The van der Waals surface area contributed by atoms with Gasteiger partial charge in [0.1, 0.15) is 18.1 Å². The molecule has 0 spiro atoms. The number of halogens is 1. The fourth-order valence-electron chi connectivity index (χ4n) is 4.47. The van der Waals surface area contributed by atoms with Crippen LogP contribution in [0.5, 0.6) is 11.5 Å². The van der Waals surface area contributed by atoms with Crippen LogP contribution in [0.15, 0.2) is 78.9 Å². The molecule has 0 saturated carbocycles.